The summed E-state index contributed by atoms with van der Waals surface area (Å²) in [6.45, 7) is 3.71. The molecule has 1 unspecified atom stereocenters. The van der Waals surface area contributed by atoms with Crippen molar-refractivity contribution in [2.75, 3.05) is 31.2 Å². The summed E-state index contributed by atoms with van der Waals surface area (Å²) < 4.78 is 5.40. The van der Waals surface area contributed by atoms with Gasteiger partial charge in [-0.1, -0.05) is 0 Å². The quantitative estimate of drug-likeness (QED) is 0.929. The average Bonchev–Trinajstić information content (AvgIpc) is 2.57. The summed E-state index contributed by atoms with van der Waals surface area (Å²) in [5, 5.41) is 3.06. The fourth-order valence-electron chi connectivity index (χ4n) is 3.10. The van der Waals surface area contributed by atoms with Crippen LogP contribution < -0.4 is 10.2 Å². The van der Waals surface area contributed by atoms with Gasteiger partial charge in [0.1, 0.15) is 0 Å². The molecule has 1 N–H and O–H groups in total. The predicted molar refractivity (Wildman–Crippen MR) is 83.8 cm³/mol. The highest BCUT2D eigenvalue weighted by Gasteiger charge is 2.17. The van der Waals surface area contributed by atoms with Crippen molar-refractivity contribution in [3.63, 3.8) is 0 Å². The van der Waals surface area contributed by atoms with Crippen molar-refractivity contribution in [1.82, 2.24) is 5.32 Å². The van der Waals surface area contributed by atoms with E-state index in [0.29, 0.717) is 6.61 Å². The minimum atomic E-state index is 0.00990. The van der Waals surface area contributed by atoms with Crippen LogP contribution in [0.1, 0.15) is 42.5 Å². The normalized spacial score (nSPS) is 22.9. The first-order valence-electron chi connectivity index (χ1n) is 8.06. The van der Waals surface area contributed by atoms with Gasteiger partial charge in [-0.3, -0.25) is 4.79 Å². The molecule has 1 atom stereocenters. The van der Waals surface area contributed by atoms with Crippen LogP contribution in [0.2, 0.25) is 0 Å². The number of rotatable bonds is 3. The van der Waals surface area contributed by atoms with Crippen LogP contribution in [0.3, 0.4) is 0 Å². The number of carbonyl (C=O) groups excluding carboxylic acids is 1. The minimum Gasteiger partial charge on any atom is -0.379 e. The number of benzene rings is 1. The Hall–Kier alpha value is -1.55. The molecule has 1 aromatic carbocycles. The van der Waals surface area contributed by atoms with Gasteiger partial charge in [0, 0.05) is 30.9 Å². The summed E-state index contributed by atoms with van der Waals surface area (Å²) >= 11 is 0. The van der Waals surface area contributed by atoms with Crippen molar-refractivity contribution in [2.45, 2.75) is 38.1 Å². The molecule has 0 radical (unpaired) electrons. The average molecular weight is 288 g/mol. The number of nitrogens with one attached hydrogen (secondary N) is 1. The fraction of sp³-hybridized carbons (Fsp3) is 0.588. The topological polar surface area (TPSA) is 41.6 Å². The summed E-state index contributed by atoms with van der Waals surface area (Å²) in [7, 11) is 0. The maximum Gasteiger partial charge on any atom is 0.251 e. The van der Waals surface area contributed by atoms with E-state index in [0.717, 1.165) is 38.1 Å². The van der Waals surface area contributed by atoms with Crippen molar-refractivity contribution < 1.29 is 9.53 Å². The molecule has 21 heavy (non-hydrogen) atoms. The molecule has 4 heteroatoms. The van der Waals surface area contributed by atoms with Gasteiger partial charge in [0.05, 0.1) is 12.6 Å². The smallest absolute Gasteiger partial charge is 0.251 e. The number of ether oxygens (including phenoxy) is 1. The van der Waals surface area contributed by atoms with E-state index in [1.165, 1.54) is 24.9 Å². The first-order valence-corrected chi connectivity index (χ1v) is 8.06. The molecule has 2 aliphatic rings. The number of amides is 1. The van der Waals surface area contributed by atoms with Crippen LogP contribution in [0, 0.1) is 0 Å². The van der Waals surface area contributed by atoms with Crippen molar-refractivity contribution in [2.24, 2.45) is 0 Å². The highest BCUT2D eigenvalue weighted by atomic mass is 16.5. The number of nitrogens with zero attached hydrogens (tertiary/aromatic N) is 1. The maximum absolute atomic E-state index is 12.2. The molecule has 0 saturated carbocycles. The lowest BCUT2D eigenvalue weighted by atomic mass is 10.1. The number of piperidine rings is 1. The van der Waals surface area contributed by atoms with Gasteiger partial charge >= 0.3 is 0 Å². The number of hydrogen-bond donors (Lipinski definition) is 1. The molecule has 2 fully saturated rings. The van der Waals surface area contributed by atoms with E-state index >= 15 is 0 Å². The molecular formula is C17H24N2O2. The zero-order valence-corrected chi connectivity index (χ0v) is 12.5. The van der Waals surface area contributed by atoms with E-state index in [9.17, 15) is 4.79 Å². The van der Waals surface area contributed by atoms with Gasteiger partial charge in [0.25, 0.3) is 5.91 Å². The van der Waals surface area contributed by atoms with Gasteiger partial charge in [-0.25, -0.2) is 0 Å². The summed E-state index contributed by atoms with van der Waals surface area (Å²) in [6.07, 6.45) is 5.91. The molecule has 4 nitrogen and oxygen atoms in total. The van der Waals surface area contributed by atoms with Crippen LogP contribution in [0.5, 0.6) is 0 Å². The van der Waals surface area contributed by atoms with E-state index in [1.54, 1.807) is 0 Å². The van der Waals surface area contributed by atoms with E-state index < -0.39 is 0 Å². The third kappa shape index (κ3) is 3.76. The van der Waals surface area contributed by atoms with E-state index in [4.69, 9.17) is 4.74 Å². The Balaban J connectivity index is 1.58. The molecule has 1 aromatic rings. The highest BCUT2D eigenvalue weighted by Crippen LogP contribution is 2.20. The zero-order chi connectivity index (χ0) is 14.5. The molecule has 2 heterocycles. The molecule has 3 rings (SSSR count). The Morgan fingerprint density at radius 1 is 1.10 bits per heavy atom. The van der Waals surface area contributed by atoms with Gasteiger partial charge in [0.2, 0.25) is 0 Å². The third-order valence-electron chi connectivity index (χ3n) is 4.35. The SMILES string of the molecule is O=C(NC1CCCOC1)c1ccc(N2CCCCC2)cc1. The van der Waals surface area contributed by atoms with Crippen molar-refractivity contribution in [3.05, 3.63) is 29.8 Å². The Labute approximate surface area is 126 Å². The molecule has 0 aromatic heterocycles. The van der Waals surface area contributed by atoms with Gasteiger partial charge in [-0.15, -0.1) is 0 Å². The van der Waals surface area contributed by atoms with Crippen LogP contribution in [0.25, 0.3) is 0 Å². The lowest BCUT2D eigenvalue weighted by Gasteiger charge is -2.29. The van der Waals surface area contributed by atoms with E-state index in [-0.39, 0.29) is 11.9 Å². The Kier molecular flexibility index (Phi) is 4.76. The minimum absolute atomic E-state index is 0.00990. The third-order valence-corrected chi connectivity index (χ3v) is 4.35. The van der Waals surface area contributed by atoms with Crippen LogP contribution in [0.15, 0.2) is 24.3 Å². The van der Waals surface area contributed by atoms with Crippen LogP contribution in [-0.4, -0.2) is 38.3 Å². The Morgan fingerprint density at radius 2 is 1.86 bits per heavy atom. The van der Waals surface area contributed by atoms with Crippen molar-refractivity contribution >= 4 is 11.6 Å². The number of carbonyl (C=O) groups is 1. The molecule has 0 aliphatic carbocycles. The largest absolute Gasteiger partial charge is 0.379 e. The molecule has 2 aliphatic heterocycles. The van der Waals surface area contributed by atoms with Gasteiger partial charge in [-0.2, -0.15) is 0 Å². The Bertz CT molecular complexity index is 460. The summed E-state index contributed by atoms with van der Waals surface area (Å²) in [5.74, 6) is 0.00990. The molecule has 114 valence electrons. The van der Waals surface area contributed by atoms with Crippen LogP contribution >= 0.6 is 0 Å². The second-order valence-corrected chi connectivity index (χ2v) is 5.98. The number of anilines is 1. The first kappa shape index (κ1) is 14.4. The second kappa shape index (κ2) is 6.94. The second-order valence-electron chi connectivity index (χ2n) is 5.98. The van der Waals surface area contributed by atoms with Crippen molar-refractivity contribution in [3.8, 4) is 0 Å². The molecule has 0 spiro atoms. The highest BCUT2D eigenvalue weighted by molar-refractivity contribution is 5.94. The Morgan fingerprint density at radius 3 is 2.52 bits per heavy atom. The maximum atomic E-state index is 12.2. The van der Waals surface area contributed by atoms with E-state index in [2.05, 4.69) is 22.3 Å². The standard InChI is InChI=1S/C17H24N2O2/c20-17(18-15-5-4-12-21-13-15)14-6-8-16(9-7-14)19-10-2-1-3-11-19/h6-9,15H,1-5,10-13H2,(H,18,20). The lowest BCUT2D eigenvalue weighted by Crippen LogP contribution is -2.40. The van der Waals surface area contributed by atoms with Gasteiger partial charge in [0.15, 0.2) is 0 Å². The van der Waals surface area contributed by atoms with Crippen LogP contribution in [0.4, 0.5) is 5.69 Å². The van der Waals surface area contributed by atoms with Crippen molar-refractivity contribution in [1.29, 1.82) is 0 Å². The summed E-state index contributed by atoms with van der Waals surface area (Å²) in [5.41, 5.74) is 1.97. The van der Waals surface area contributed by atoms with E-state index in [1.807, 2.05) is 12.1 Å². The lowest BCUT2D eigenvalue weighted by molar-refractivity contribution is 0.0624. The predicted octanol–water partition coefficient (Wildman–Crippen LogP) is 2.59. The molecular weight excluding hydrogens is 264 g/mol. The molecule has 2 saturated heterocycles. The van der Waals surface area contributed by atoms with Gasteiger partial charge in [-0.05, 0) is 56.4 Å². The van der Waals surface area contributed by atoms with Gasteiger partial charge < -0.3 is 15.0 Å². The zero-order valence-electron chi connectivity index (χ0n) is 12.5. The fourth-order valence-corrected chi connectivity index (χ4v) is 3.10. The summed E-state index contributed by atoms with van der Waals surface area (Å²) in [4.78, 5) is 14.6. The monoisotopic (exact) mass is 288 g/mol. The molecule has 0 bridgehead atoms. The first-order chi connectivity index (χ1) is 10.3. The van der Waals surface area contributed by atoms with Crippen LogP contribution in [-0.2, 0) is 4.74 Å². The molecule has 1 amide bonds. The summed E-state index contributed by atoms with van der Waals surface area (Å²) in [6, 6.07) is 8.16. The number of hydrogen-bond acceptors (Lipinski definition) is 3.